The quantitative estimate of drug-likeness (QED) is 0.938. The van der Waals surface area contributed by atoms with Crippen LogP contribution in [0.1, 0.15) is 33.6 Å². The molecule has 1 amide bonds. The molecule has 3 rings (SSSR count). The number of β-amino-alcohol motifs (C(OH)–C–C–N with tert-alkyl or cyclic N) is 1. The van der Waals surface area contributed by atoms with Crippen LogP contribution in [0.4, 0.5) is 0 Å². The normalized spacial score (nSPS) is 17.7. The molecule has 1 aliphatic rings. The predicted octanol–water partition coefficient (Wildman–Crippen LogP) is 2.41. The standard InChI is InChI=1S/C17H20ClN3O2/c1-11-3-5-13(6-4-11)9-21-16(18)15(12(2)19-21)17(23)20-8-7-14(22)10-20/h3-6,14,22H,7-10H2,1-2H3/t14-/m1/s1. The largest absolute Gasteiger partial charge is 0.391 e. The molecule has 122 valence electrons. The zero-order chi connectivity index (χ0) is 16.6. The summed E-state index contributed by atoms with van der Waals surface area (Å²) in [5.41, 5.74) is 3.33. The van der Waals surface area contributed by atoms with Crippen LogP contribution in [0.15, 0.2) is 24.3 Å². The summed E-state index contributed by atoms with van der Waals surface area (Å²) in [5, 5.41) is 14.4. The van der Waals surface area contributed by atoms with Crippen molar-refractivity contribution in [2.45, 2.75) is 32.9 Å². The summed E-state index contributed by atoms with van der Waals surface area (Å²) in [6.07, 6.45) is 0.167. The molecule has 6 heteroatoms. The SMILES string of the molecule is Cc1ccc(Cn2nc(C)c(C(=O)N3CC[C@@H](O)C3)c2Cl)cc1. The molecule has 1 aromatic carbocycles. The molecular weight excluding hydrogens is 314 g/mol. The third-order valence-corrected chi connectivity index (χ3v) is 4.57. The summed E-state index contributed by atoms with van der Waals surface area (Å²) in [5.74, 6) is -0.154. The van der Waals surface area contributed by atoms with E-state index in [-0.39, 0.29) is 5.91 Å². The van der Waals surface area contributed by atoms with Gasteiger partial charge in [0.25, 0.3) is 5.91 Å². The molecule has 1 fully saturated rings. The van der Waals surface area contributed by atoms with E-state index in [1.165, 1.54) is 5.56 Å². The first kappa shape index (κ1) is 16.0. The molecule has 2 heterocycles. The average Bonchev–Trinajstić information content (AvgIpc) is 3.05. The van der Waals surface area contributed by atoms with E-state index in [2.05, 4.69) is 5.10 Å². The van der Waals surface area contributed by atoms with E-state index in [0.29, 0.717) is 42.5 Å². The lowest BCUT2D eigenvalue weighted by atomic mass is 10.1. The molecule has 0 aliphatic carbocycles. The topological polar surface area (TPSA) is 58.4 Å². The van der Waals surface area contributed by atoms with Gasteiger partial charge < -0.3 is 10.0 Å². The lowest BCUT2D eigenvalue weighted by molar-refractivity contribution is 0.0764. The molecular formula is C17H20ClN3O2. The molecule has 1 aliphatic heterocycles. The number of amides is 1. The van der Waals surface area contributed by atoms with Gasteiger partial charge in [-0.05, 0) is 25.8 Å². The molecule has 0 unspecified atom stereocenters. The number of carbonyl (C=O) groups is 1. The summed E-state index contributed by atoms with van der Waals surface area (Å²) in [6.45, 7) is 5.26. The van der Waals surface area contributed by atoms with Crippen LogP contribution in [0.5, 0.6) is 0 Å². The smallest absolute Gasteiger partial charge is 0.258 e. The second-order valence-corrected chi connectivity index (χ2v) is 6.45. The Balaban J connectivity index is 1.84. The Hall–Kier alpha value is -1.85. The van der Waals surface area contributed by atoms with E-state index in [1.54, 1.807) is 16.5 Å². The Kier molecular flexibility index (Phi) is 4.41. The Morgan fingerprint density at radius 1 is 1.35 bits per heavy atom. The minimum atomic E-state index is -0.444. The highest BCUT2D eigenvalue weighted by Gasteiger charge is 2.30. The molecule has 1 atom stereocenters. The molecule has 5 nitrogen and oxygen atoms in total. The van der Waals surface area contributed by atoms with Gasteiger partial charge >= 0.3 is 0 Å². The number of aliphatic hydroxyl groups excluding tert-OH is 1. The van der Waals surface area contributed by atoms with E-state index in [0.717, 1.165) is 5.56 Å². The van der Waals surface area contributed by atoms with Crippen molar-refractivity contribution in [3.63, 3.8) is 0 Å². The van der Waals surface area contributed by atoms with Crippen molar-refractivity contribution in [3.8, 4) is 0 Å². The zero-order valence-electron chi connectivity index (χ0n) is 13.3. The van der Waals surface area contributed by atoms with Crippen LogP contribution in [0.3, 0.4) is 0 Å². The van der Waals surface area contributed by atoms with Gasteiger partial charge in [-0.2, -0.15) is 5.10 Å². The molecule has 0 saturated carbocycles. The molecule has 1 aromatic heterocycles. The number of likely N-dealkylation sites (tertiary alicyclic amines) is 1. The van der Waals surface area contributed by atoms with E-state index >= 15 is 0 Å². The molecule has 2 aromatic rings. The number of aromatic nitrogens is 2. The number of nitrogens with zero attached hydrogens (tertiary/aromatic N) is 3. The van der Waals surface area contributed by atoms with Crippen molar-refractivity contribution in [3.05, 3.63) is 51.8 Å². The monoisotopic (exact) mass is 333 g/mol. The number of aliphatic hydroxyl groups is 1. The summed E-state index contributed by atoms with van der Waals surface area (Å²) in [6, 6.07) is 8.14. The Morgan fingerprint density at radius 2 is 2.04 bits per heavy atom. The third kappa shape index (κ3) is 3.26. The van der Waals surface area contributed by atoms with Crippen molar-refractivity contribution in [1.29, 1.82) is 0 Å². The van der Waals surface area contributed by atoms with Crippen molar-refractivity contribution in [2.75, 3.05) is 13.1 Å². The average molecular weight is 334 g/mol. The highest BCUT2D eigenvalue weighted by Crippen LogP contribution is 2.24. The number of carbonyl (C=O) groups excluding carboxylic acids is 1. The van der Waals surface area contributed by atoms with Gasteiger partial charge in [0.2, 0.25) is 0 Å². The molecule has 1 saturated heterocycles. The van der Waals surface area contributed by atoms with E-state index in [9.17, 15) is 9.90 Å². The van der Waals surface area contributed by atoms with Gasteiger partial charge in [0.05, 0.1) is 23.9 Å². The van der Waals surface area contributed by atoms with Crippen LogP contribution in [-0.4, -0.2) is 44.9 Å². The second-order valence-electron chi connectivity index (χ2n) is 6.09. The van der Waals surface area contributed by atoms with Gasteiger partial charge in [0.15, 0.2) is 0 Å². The summed E-state index contributed by atoms with van der Waals surface area (Å²) < 4.78 is 1.65. The maximum absolute atomic E-state index is 12.6. The van der Waals surface area contributed by atoms with Crippen LogP contribution >= 0.6 is 11.6 Å². The molecule has 0 spiro atoms. The Morgan fingerprint density at radius 3 is 2.65 bits per heavy atom. The van der Waals surface area contributed by atoms with Crippen molar-refractivity contribution < 1.29 is 9.90 Å². The lowest BCUT2D eigenvalue weighted by Crippen LogP contribution is -2.30. The number of benzene rings is 1. The summed E-state index contributed by atoms with van der Waals surface area (Å²) in [7, 11) is 0. The summed E-state index contributed by atoms with van der Waals surface area (Å²) >= 11 is 6.41. The highest BCUT2D eigenvalue weighted by molar-refractivity contribution is 6.33. The molecule has 1 N–H and O–H groups in total. The Labute approximate surface area is 140 Å². The van der Waals surface area contributed by atoms with Gasteiger partial charge in [-0.1, -0.05) is 41.4 Å². The fourth-order valence-corrected chi connectivity index (χ4v) is 3.17. The first-order valence-electron chi connectivity index (χ1n) is 7.71. The van der Waals surface area contributed by atoms with Gasteiger partial charge in [0.1, 0.15) is 5.15 Å². The van der Waals surface area contributed by atoms with Gasteiger partial charge in [-0.3, -0.25) is 4.79 Å². The maximum Gasteiger partial charge on any atom is 0.258 e. The van der Waals surface area contributed by atoms with E-state index in [1.807, 2.05) is 31.2 Å². The predicted molar refractivity (Wildman–Crippen MR) is 88.8 cm³/mol. The molecule has 0 bridgehead atoms. The van der Waals surface area contributed by atoms with Gasteiger partial charge in [-0.25, -0.2) is 4.68 Å². The maximum atomic E-state index is 12.6. The number of halogens is 1. The highest BCUT2D eigenvalue weighted by atomic mass is 35.5. The van der Waals surface area contributed by atoms with Crippen LogP contribution in [0.25, 0.3) is 0 Å². The van der Waals surface area contributed by atoms with Crippen molar-refractivity contribution in [2.24, 2.45) is 0 Å². The minimum absolute atomic E-state index is 0.154. The van der Waals surface area contributed by atoms with Crippen LogP contribution < -0.4 is 0 Å². The molecule has 23 heavy (non-hydrogen) atoms. The van der Waals surface area contributed by atoms with Gasteiger partial charge in [-0.15, -0.1) is 0 Å². The lowest BCUT2D eigenvalue weighted by Gasteiger charge is -2.15. The summed E-state index contributed by atoms with van der Waals surface area (Å²) in [4.78, 5) is 14.3. The van der Waals surface area contributed by atoms with Crippen LogP contribution in [0.2, 0.25) is 5.15 Å². The zero-order valence-corrected chi connectivity index (χ0v) is 14.0. The fourth-order valence-electron chi connectivity index (χ4n) is 2.85. The van der Waals surface area contributed by atoms with Crippen molar-refractivity contribution >= 4 is 17.5 Å². The molecule has 0 radical (unpaired) electrons. The number of rotatable bonds is 3. The van der Waals surface area contributed by atoms with Crippen molar-refractivity contribution in [1.82, 2.24) is 14.7 Å². The van der Waals surface area contributed by atoms with Crippen LogP contribution in [0, 0.1) is 13.8 Å². The third-order valence-electron chi connectivity index (χ3n) is 4.18. The Bertz CT molecular complexity index is 724. The van der Waals surface area contributed by atoms with E-state index in [4.69, 9.17) is 11.6 Å². The fraction of sp³-hybridized carbons (Fsp3) is 0.412. The number of hydrogen-bond acceptors (Lipinski definition) is 3. The van der Waals surface area contributed by atoms with E-state index < -0.39 is 6.10 Å². The number of hydrogen-bond donors (Lipinski definition) is 1. The first-order chi connectivity index (χ1) is 11.0. The van der Waals surface area contributed by atoms with Crippen LogP contribution in [-0.2, 0) is 6.54 Å². The first-order valence-corrected chi connectivity index (χ1v) is 8.09. The minimum Gasteiger partial charge on any atom is -0.391 e. The second kappa shape index (κ2) is 6.34. The van der Waals surface area contributed by atoms with Gasteiger partial charge in [0, 0.05) is 13.1 Å². The number of aryl methyl sites for hydroxylation is 2.